The van der Waals surface area contributed by atoms with Gasteiger partial charge in [-0.15, -0.1) is 0 Å². The van der Waals surface area contributed by atoms with E-state index < -0.39 is 0 Å². The molecule has 0 bridgehead atoms. The summed E-state index contributed by atoms with van der Waals surface area (Å²) in [5.74, 6) is 0.831. The van der Waals surface area contributed by atoms with Gasteiger partial charge in [0.15, 0.2) is 0 Å². The Hall–Kier alpha value is -0.530. The fraction of sp³-hybridized carbons (Fsp3) is 0.500. The predicted octanol–water partition coefficient (Wildman–Crippen LogP) is 3.21. The van der Waals surface area contributed by atoms with E-state index in [1.807, 2.05) is 18.2 Å². The molecule has 76 valence electrons. The van der Waals surface area contributed by atoms with Crippen LogP contribution in [-0.4, -0.2) is 11.2 Å². The predicted molar refractivity (Wildman–Crippen MR) is 58.6 cm³/mol. The second-order valence-corrected chi connectivity index (χ2v) is 4.60. The van der Waals surface area contributed by atoms with Gasteiger partial charge in [0, 0.05) is 5.02 Å². The van der Waals surface area contributed by atoms with Gasteiger partial charge in [-0.05, 0) is 42.4 Å². The molecular weight excluding hydrogens is 196 g/mol. The molecule has 3 atom stereocenters. The van der Waals surface area contributed by atoms with Gasteiger partial charge >= 0.3 is 0 Å². The summed E-state index contributed by atoms with van der Waals surface area (Å²) in [7, 11) is 0. The highest BCUT2D eigenvalue weighted by atomic mass is 35.5. The minimum Gasteiger partial charge on any atom is -0.393 e. The number of hydrogen-bond donors (Lipinski definition) is 1. The summed E-state index contributed by atoms with van der Waals surface area (Å²) in [5, 5.41) is 10.5. The van der Waals surface area contributed by atoms with E-state index in [2.05, 4.69) is 13.0 Å². The molecule has 1 nitrogen and oxygen atoms in total. The highest BCUT2D eigenvalue weighted by molar-refractivity contribution is 6.30. The Balaban J connectivity index is 2.23. The molecule has 1 aromatic rings. The Morgan fingerprint density at radius 1 is 1.36 bits per heavy atom. The number of aliphatic hydroxyl groups is 1. The lowest BCUT2D eigenvalue weighted by molar-refractivity contribution is 0.136. The van der Waals surface area contributed by atoms with E-state index in [4.69, 9.17) is 11.6 Å². The van der Waals surface area contributed by atoms with Crippen molar-refractivity contribution < 1.29 is 5.11 Å². The minimum absolute atomic E-state index is 0.140. The highest BCUT2D eigenvalue weighted by Gasteiger charge is 2.32. The van der Waals surface area contributed by atoms with Gasteiger partial charge in [0.25, 0.3) is 0 Å². The molecule has 0 spiro atoms. The van der Waals surface area contributed by atoms with Crippen molar-refractivity contribution in [1.29, 1.82) is 0 Å². The SMILES string of the molecule is CC1C(O)CCC1c1cccc(Cl)c1. The number of aliphatic hydroxyl groups excluding tert-OH is 1. The van der Waals surface area contributed by atoms with Crippen LogP contribution in [0.1, 0.15) is 31.2 Å². The first-order valence-corrected chi connectivity index (χ1v) is 5.50. The first-order valence-electron chi connectivity index (χ1n) is 5.12. The molecule has 1 N–H and O–H groups in total. The number of rotatable bonds is 1. The normalized spacial score (nSPS) is 32.1. The molecule has 0 amide bonds. The van der Waals surface area contributed by atoms with Gasteiger partial charge in [0.1, 0.15) is 0 Å². The molecule has 0 saturated heterocycles. The van der Waals surface area contributed by atoms with E-state index in [0.29, 0.717) is 11.8 Å². The van der Waals surface area contributed by atoms with Crippen molar-refractivity contribution in [3.8, 4) is 0 Å². The molecular formula is C12H15ClO. The van der Waals surface area contributed by atoms with Crippen LogP contribution in [0.5, 0.6) is 0 Å². The lowest BCUT2D eigenvalue weighted by Crippen LogP contribution is -2.13. The standard InChI is InChI=1S/C12H15ClO/c1-8-11(5-6-12(8)14)9-3-2-4-10(13)7-9/h2-4,7-8,11-12,14H,5-6H2,1H3. The summed E-state index contributed by atoms with van der Waals surface area (Å²) in [6, 6.07) is 7.99. The second kappa shape index (κ2) is 3.92. The van der Waals surface area contributed by atoms with Gasteiger partial charge in [-0.25, -0.2) is 0 Å². The molecule has 0 heterocycles. The van der Waals surface area contributed by atoms with Crippen LogP contribution in [0.15, 0.2) is 24.3 Å². The molecule has 1 aromatic carbocycles. The molecule has 1 fully saturated rings. The quantitative estimate of drug-likeness (QED) is 0.755. The summed E-state index contributed by atoms with van der Waals surface area (Å²) >= 11 is 5.94. The third-order valence-corrected chi connectivity index (χ3v) is 3.53. The van der Waals surface area contributed by atoms with Crippen molar-refractivity contribution in [2.24, 2.45) is 5.92 Å². The van der Waals surface area contributed by atoms with Crippen molar-refractivity contribution >= 4 is 11.6 Å². The van der Waals surface area contributed by atoms with E-state index in [-0.39, 0.29) is 6.10 Å². The van der Waals surface area contributed by atoms with Crippen molar-refractivity contribution in [1.82, 2.24) is 0 Å². The van der Waals surface area contributed by atoms with Crippen molar-refractivity contribution in [2.75, 3.05) is 0 Å². The van der Waals surface area contributed by atoms with Crippen molar-refractivity contribution in [2.45, 2.75) is 31.8 Å². The second-order valence-electron chi connectivity index (χ2n) is 4.17. The summed E-state index contributed by atoms with van der Waals surface area (Å²) in [6.07, 6.45) is 1.85. The lowest BCUT2D eigenvalue weighted by atomic mass is 9.90. The van der Waals surface area contributed by atoms with Crippen LogP contribution in [0.2, 0.25) is 5.02 Å². The van der Waals surface area contributed by atoms with Gasteiger partial charge < -0.3 is 5.11 Å². The third-order valence-electron chi connectivity index (χ3n) is 3.29. The maximum Gasteiger partial charge on any atom is 0.0571 e. The van der Waals surface area contributed by atoms with E-state index in [1.54, 1.807) is 0 Å². The van der Waals surface area contributed by atoms with E-state index in [0.717, 1.165) is 17.9 Å². The van der Waals surface area contributed by atoms with Gasteiger partial charge in [-0.3, -0.25) is 0 Å². The fourth-order valence-electron chi connectivity index (χ4n) is 2.35. The zero-order valence-electron chi connectivity index (χ0n) is 8.28. The molecule has 1 aliphatic carbocycles. The Labute approximate surface area is 89.7 Å². The minimum atomic E-state index is -0.140. The molecule has 14 heavy (non-hydrogen) atoms. The zero-order valence-corrected chi connectivity index (χ0v) is 9.04. The number of halogens is 1. The molecule has 0 radical (unpaired) electrons. The van der Waals surface area contributed by atoms with Gasteiger partial charge in [0.05, 0.1) is 6.10 Å². The summed E-state index contributed by atoms with van der Waals surface area (Å²) in [4.78, 5) is 0. The van der Waals surface area contributed by atoms with Crippen LogP contribution >= 0.6 is 11.6 Å². The van der Waals surface area contributed by atoms with Crippen LogP contribution in [0.25, 0.3) is 0 Å². The molecule has 2 rings (SSSR count). The van der Waals surface area contributed by atoms with Crippen LogP contribution in [0.4, 0.5) is 0 Å². The van der Waals surface area contributed by atoms with Gasteiger partial charge in [0.2, 0.25) is 0 Å². The molecule has 0 aromatic heterocycles. The zero-order chi connectivity index (χ0) is 10.1. The van der Waals surface area contributed by atoms with Crippen molar-refractivity contribution in [3.05, 3.63) is 34.9 Å². The Morgan fingerprint density at radius 2 is 2.14 bits per heavy atom. The maximum atomic E-state index is 9.67. The summed E-state index contributed by atoms with van der Waals surface area (Å²) < 4.78 is 0. The summed E-state index contributed by atoms with van der Waals surface area (Å²) in [5.41, 5.74) is 1.27. The molecule has 3 unspecified atom stereocenters. The van der Waals surface area contributed by atoms with Crippen LogP contribution in [0.3, 0.4) is 0 Å². The lowest BCUT2D eigenvalue weighted by Gasteiger charge is -2.17. The molecule has 1 saturated carbocycles. The molecule has 0 aliphatic heterocycles. The first-order chi connectivity index (χ1) is 6.68. The third kappa shape index (κ3) is 1.79. The smallest absolute Gasteiger partial charge is 0.0571 e. The Bertz CT molecular complexity index is 324. The Morgan fingerprint density at radius 3 is 2.71 bits per heavy atom. The average Bonchev–Trinajstić information content (AvgIpc) is 2.48. The first kappa shape index (κ1) is 10.0. The monoisotopic (exact) mass is 210 g/mol. The average molecular weight is 211 g/mol. The van der Waals surface area contributed by atoms with E-state index in [9.17, 15) is 5.11 Å². The number of hydrogen-bond acceptors (Lipinski definition) is 1. The summed E-state index contributed by atoms with van der Waals surface area (Å²) in [6.45, 7) is 2.11. The van der Waals surface area contributed by atoms with Crippen LogP contribution < -0.4 is 0 Å². The Kier molecular flexibility index (Phi) is 2.80. The van der Waals surface area contributed by atoms with Gasteiger partial charge in [-0.2, -0.15) is 0 Å². The number of benzene rings is 1. The van der Waals surface area contributed by atoms with Gasteiger partial charge in [-0.1, -0.05) is 30.7 Å². The largest absolute Gasteiger partial charge is 0.393 e. The fourth-order valence-corrected chi connectivity index (χ4v) is 2.55. The highest BCUT2D eigenvalue weighted by Crippen LogP contribution is 2.39. The van der Waals surface area contributed by atoms with E-state index in [1.165, 1.54) is 5.56 Å². The topological polar surface area (TPSA) is 20.2 Å². The maximum absolute atomic E-state index is 9.67. The van der Waals surface area contributed by atoms with Crippen LogP contribution in [-0.2, 0) is 0 Å². The molecule has 1 aliphatic rings. The van der Waals surface area contributed by atoms with E-state index >= 15 is 0 Å². The van der Waals surface area contributed by atoms with Crippen LogP contribution in [0, 0.1) is 5.92 Å². The molecule has 2 heteroatoms. The van der Waals surface area contributed by atoms with Crippen molar-refractivity contribution in [3.63, 3.8) is 0 Å².